The summed E-state index contributed by atoms with van der Waals surface area (Å²) in [6.07, 6.45) is 7.42. The molecule has 0 aromatic heterocycles. The Hall–Kier alpha value is -3.11. The number of hydrogen-bond acceptors (Lipinski definition) is 1. The third-order valence-corrected chi connectivity index (χ3v) is 3.16. The van der Waals surface area contributed by atoms with Crippen molar-refractivity contribution < 1.29 is 4.79 Å². The largest absolute Gasteiger partial charge is 0.289 e. The van der Waals surface area contributed by atoms with Crippen LogP contribution in [-0.2, 0) is 0 Å². The Labute approximate surface area is 137 Å². The van der Waals surface area contributed by atoms with Gasteiger partial charge in [-0.15, -0.1) is 0 Å². The molecule has 0 saturated carbocycles. The van der Waals surface area contributed by atoms with Crippen LogP contribution in [0.1, 0.15) is 28.4 Å². The number of carbonyl (C=O) groups excluding carboxylic acids is 1. The Morgan fingerprint density at radius 3 is 2.48 bits per heavy atom. The van der Waals surface area contributed by atoms with Crippen molar-refractivity contribution in [3.63, 3.8) is 0 Å². The zero-order valence-electron chi connectivity index (χ0n) is 13.1. The van der Waals surface area contributed by atoms with Gasteiger partial charge in [0.25, 0.3) is 0 Å². The summed E-state index contributed by atoms with van der Waals surface area (Å²) < 4.78 is 0. The molecule has 2 aromatic rings. The molecule has 112 valence electrons. The highest BCUT2D eigenvalue weighted by molar-refractivity contribution is 6.09. The first-order chi connectivity index (χ1) is 11.2. The first-order valence-corrected chi connectivity index (χ1v) is 7.42. The molecule has 0 spiro atoms. The van der Waals surface area contributed by atoms with Gasteiger partial charge in [-0.05, 0) is 25.1 Å². The summed E-state index contributed by atoms with van der Waals surface area (Å²) in [6, 6.07) is 16.6. The van der Waals surface area contributed by atoms with Gasteiger partial charge in [0.2, 0.25) is 0 Å². The normalized spacial score (nSPS) is 10.9. The smallest absolute Gasteiger partial charge is 0.193 e. The Balaban J connectivity index is 2.29. The van der Waals surface area contributed by atoms with E-state index >= 15 is 0 Å². The van der Waals surface area contributed by atoms with Gasteiger partial charge in [-0.1, -0.05) is 79.1 Å². The third-order valence-electron chi connectivity index (χ3n) is 3.16. The fourth-order valence-corrected chi connectivity index (χ4v) is 2.08. The van der Waals surface area contributed by atoms with Gasteiger partial charge < -0.3 is 0 Å². The topological polar surface area (TPSA) is 17.1 Å². The number of allylic oxidation sites excluding steroid dienone is 5. The van der Waals surface area contributed by atoms with E-state index in [1.807, 2.05) is 79.7 Å². The third kappa shape index (κ3) is 4.69. The van der Waals surface area contributed by atoms with E-state index < -0.39 is 0 Å². The van der Waals surface area contributed by atoms with Gasteiger partial charge in [0.1, 0.15) is 0 Å². The average Bonchev–Trinajstić information content (AvgIpc) is 2.60. The molecule has 0 aliphatic carbocycles. The van der Waals surface area contributed by atoms with Crippen molar-refractivity contribution in [2.75, 3.05) is 0 Å². The maximum atomic E-state index is 12.5. The molecule has 1 nitrogen and oxygen atoms in total. The van der Waals surface area contributed by atoms with Crippen LogP contribution in [0.4, 0.5) is 0 Å². The second-order valence-electron chi connectivity index (χ2n) is 4.88. The summed E-state index contributed by atoms with van der Waals surface area (Å²) in [5.41, 5.74) is 3.01. The van der Waals surface area contributed by atoms with E-state index in [0.717, 1.165) is 11.1 Å². The Bertz CT molecular complexity index is 812. The summed E-state index contributed by atoms with van der Waals surface area (Å²) in [5.74, 6) is 6.18. The highest BCUT2D eigenvalue weighted by Crippen LogP contribution is 2.11. The number of benzene rings is 2. The van der Waals surface area contributed by atoms with Gasteiger partial charge in [0, 0.05) is 22.3 Å². The van der Waals surface area contributed by atoms with Crippen LogP contribution in [0.25, 0.3) is 0 Å². The highest BCUT2D eigenvalue weighted by Gasteiger charge is 2.08. The van der Waals surface area contributed by atoms with E-state index in [9.17, 15) is 4.79 Å². The van der Waals surface area contributed by atoms with E-state index in [2.05, 4.69) is 18.4 Å². The molecule has 0 bridgehead atoms. The highest BCUT2D eigenvalue weighted by atomic mass is 16.1. The van der Waals surface area contributed by atoms with Gasteiger partial charge in [-0.3, -0.25) is 4.79 Å². The average molecular weight is 298 g/mol. The minimum atomic E-state index is 0.00422. The van der Waals surface area contributed by atoms with E-state index in [-0.39, 0.29) is 5.78 Å². The predicted octanol–water partition coefficient (Wildman–Crippen LogP) is 4.96. The van der Waals surface area contributed by atoms with Crippen molar-refractivity contribution in [3.05, 3.63) is 108 Å². The molecule has 1 heteroatoms. The fourth-order valence-electron chi connectivity index (χ4n) is 2.08. The number of ketones is 1. The van der Waals surface area contributed by atoms with Crippen LogP contribution in [-0.4, -0.2) is 5.78 Å². The molecule has 0 amide bonds. The van der Waals surface area contributed by atoms with Crippen LogP contribution in [0, 0.1) is 11.8 Å². The monoisotopic (exact) mass is 298 g/mol. The maximum absolute atomic E-state index is 12.5. The molecule has 0 fully saturated rings. The summed E-state index contributed by atoms with van der Waals surface area (Å²) in [7, 11) is 0. The van der Waals surface area contributed by atoms with Crippen molar-refractivity contribution >= 4 is 5.78 Å². The van der Waals surface area contributed by atoms with E-state index in [1.54, 1.807) is 6.08 Å². The van der Waals surface area contributed by atoms with Crippen molar-refractivity contribution in [2.24, 2.45) is 0 Å². The quantitative estimate of drug-likeness (QED) is 0.443. The molecular formula is C22H18O. The predicted molar refractivity (Wildman–Crippen MR) is 96.3 cm³/mol. The standard InChI is InChI=1S/C22H18O/c1-3-9-18(10-4-2)15-16-19-11-8-14-21(17-19)22(23)20-12-6-5-7-13-20/h3-14,17H,1H2,2H3/b10-4-,18-9+. The minimum absolute atomic E-state index is 0.00422. The van der Waals surface area contributed by atoms with Gasteiger partial charge >= 0.3 is 0 Å². The molecule has 2 rings (SSSR count). The van der Waals surface area contributed by atoms with Gasteiger partial charge in [-0.25, -0.2) is 0 Å². The second-order valence-corrected chi connectivity index (χ2v) is 4.88. The molecule has 0 atom stereocenters. The van der Waals surface area contributed by atoms with Crippen LogP contribution in [0.15, 0.2) is 91.1 Å². The van der Waals surface area contributed by atoms with Crippen LogP contribution >= 0.6 is 0 Å². The van der Waals surface area contributed by atoms with Crippen LogP contribution in [0.5, 0.6) is 0 Å². The SMILES string of the molecule is C=C/C=C(C#Cc1cccc(C(=O)c2ccccc2)c1)\C=C/C. The molecule has 0 N–H and O–H groups in total. The summed E-state index contributed by atoms with van der Waals surface area (Å²) in [5, 5.41) is 0. The Kier molecular flexibility index (Phi) is 5.91. The number of carbonyl (C=O) groups is 1. The minimum Gasteiger partial charge on any atom is -0.289 e. The first kappa shape index (κ1) is 16.3. The Morgan fingerprint density at radius 1 is 1.04 bits per heavy atom. The molecule has 23 heavy (non-hydrogen) atoms. The molecule has 0 unspecified atom stereocenters. The van der Waals surface area contributed by atoms with Crippen LogP contribution < -0.4 is 0 Å². The summed E-state index contributed by atoms with van der Waals surface area (Å²) >= 11 is 0. The number of hydrogen-bond donors (Lipinski definition) is 0. The molecule has 0 aliphatic rings. The molecule has 0 saturated heterocycles. The van der Waals surface area contributed by atoms with E-state index in [4.69, 9.17) is 0 Å². The fraction of sp³-hybridized carbons (Fsp3) is 0.0455. The van der Waals surface area contributed by atoms with Crippen molar-refractivity contribution in [1.29, 1.82) is 0 Å². The van der Waals surface area contributed by atoms with Crippen molar-refractivity contribution in [1.82, 2.24) is 0 Å². The lowest BCUT2D eigenvalue weighted by atomic mass is 10.0. The number of rotatable bonds is 4. The molecular weight excluding hydrogens is 280 g/mol. The molecule has 0 radical (unpaired) electrons. The van der Waals surface area contributed by atoms with Gasteiger partial charge in [0.15, 0.2) is 5.78 Å². The lowest BCUT2D eigenvalue weighted by Gasteiger charge is -2.01. The van der Waals surface area contributed by atoms with Gasteiger partial charge in [0.05, 0.1) is 0 Å². The zero-order valence-corrected chi connectivity index (χ0v) is 13.1. The zero-order chi connectivity index (χ0) is 16.5. The first-order valence-electron chi connectivity index (χ1n) is 7.42. The summed E-state index contributed by atoms with van der Waals surface area (Å²) in [6.45, 7) is 5.63. The molecule has 0 aliphatic heterocycles. The van der Waals surface area contributed by atoms with Crippen LogP contribution in [0.2, 0.25) is 0 Å². The van der Waals surface area contributed by atoms with Crippen LogP contribution in [0.3, 0.4) is 0 Å². The molecule has 0 heterocycles. The maximum Gasteiger partial charge on any atom is 0.193 e. The molecule has 2 aromatic carbocycles. The van der Waals surface area contributed by atoms with Crippen molar-refractivity contribution in [3.8, 4) is 11.8 Å². The second kappa shape index (κ2) is 8.36. The lowest BCUT2D eigenvalue weighted by molar-refractivity contribution is 0.103. The lowest BCUT2D eigenvalue weighted by Crippen LogP contribution is -2.00. The summed E-state index contributed by atoms with van der Waals surface area (Å²) in [4.78, 5) is 12.5. The van der Waals surface area contributed by atoms with Crippen molar-refractivity contribution in [2.45, 2.75) is 6.92 Å². The van der Waals surface area contributed by atoms with E-state index in [1.165, 1.54) is 0 Å². The van der Waals surface area contributed by atoms with Gasteiger partial charge in [-0.2, -0.15) is 0 Å². The van der Waals surface area contributed by atoms with E-state index in [0.29, 0.717) is 11.1 Å². The Morgan fingerprint density at radius 2 is 1.78 bits per heavy atom.